The zero-order valence-electron chi connectivity index (χ0n) is 14.5. The summed E-state index contributed by atoms with van der Waals surface area (Å²) < 4.78 is 13.3. The van der Waals surface area contributed by atoms with E-state index in [-0.39, 0.29) is 36.1 Å². The highest BCUT2D eigenvalue weighted by Gasteiger charge is 2.54. The summed E-state index contributed by atoms with van der Waals surface area (Å²) in [5, 5.41) is 2.63. The quantitative estimate of drug-likeness (QED) is 0.900. The fraction of sp³-hybridized carbons (Fsp3) is 0.579. The van der Waals surface area contributed by atoms with Crippen LogP contribution in [0, 0.1) is 11.7 Å². The van der Waals surface area contributed by atoms with Crippen LogP contribution in [0.5, 0.6) is 0 Å². The van der Waals surface area contributed by atoms with Crippen molar-refractivity contribution in [1.29, 1.82) is 0 Å². The van der Waals surface area contributed by atoms with Crippen molar-refractivity contribution in [1.82, 2.24) is 15.1 Å². The lowest BCUT2D eigenvalue weighted by Crippen LogP contribution is -2.61. The molecule has 4 saturated heterocycles. The van der Waals surface area contributed by atoms with Crippen LogP contribution in [0.1, 0.15) is 31.2 Å². The van der Waals surface area contributed by atoms with Gasteiger partial charge in [-0.1, -0.05) is 12.1 Å². The zero-order valence-corrected chi connectivity index (χ0v) is 14.5. The van der Waals surface area contributed by atoms with E-state index in [1.54, 1.807) is 0 Å². The van der Waals surface area contributed by atoms with Crippen LogP contribution in [0.15, 0.2) is 24.3 Å². The first-order chi connectivity index (χ1) is 12.0. The van der Waals surface area contributed by atoms with Crippen LogP contribution in [0.25, 0.3) is 0 Å². The van der Waals surface area contributed by atoms with E-state index in [0.717, 1.165) is 31.5 Å². The van der Waals surface area contributed by atoms with Crippen molar-refractivity contribution in [3.63, 3.8) is 0 Å². The maximum Gasteiger partial charge on any atom is 0.242 e. The van der Waals surface area contributed by atoms with Crippen LogP contribution in [-0.4, -0.2) is 59.9 Å². The van der Waals surface area contributed by atoms with Gasteiger partial charge in [0.2, 0.25) is 11.8 Å². The molecule has 2 amide bonds. The predicted octanol–water partition coefficient (Wildman–Crippen LogP) is 1.35. The van der Waals surface area contributed by atoms with Gasteiger partial charge in [-0.15, -0.1) is 0 Å². The second kappa shape index (κ2) is 6.41. The summed E-state index contributed by atoms with van der Waals surface area (Å²) >= 11 is 0. The third-order valence-corrected chi connectivity index (χ3v) is 6.10. The van der Waals surface area contributed by atoms with Crippen molar-refractivity contribution < 1.29 is 14.0 Å². The highest BCUT2D eigenvalue weighted by Crippen LogP contribution is 2.46. The van der Waals surface area contributed by atoms with Crippen LogP contribution in [0.4, 0.5) is 4.39 Å². The third kappa shape index (κ3) is 2.92. The molecule has 1 N–H and O–H groups in total. The van der Waals surface area contributed by atoms with Gasteiger partial charge in [0.25, 0.3) is 0 Å². The molecule has 0 aromatic heterocycles. The second-order valence-electron chi connectivity index (χ2n) is 7.47. The van der Waals surface area contributed by atoms with E-state index >= 15 is 0 Å². The number of nitrogens with zero attached hydrogens (tertiary/aromatic N) is 2. The van der Waals surface area contributed by atoms with Gasteiger partial charge in [0, 0.05) is 25.4 Å². The molecule has 2 bridgehead atoms. The Morgan fingerprint density at radius 1 is 1.16 bits per heavy atom. The summed E-state index contributed by atoms with van der Waals surface area (Å²) in [5.41, 5.74) is 1.10. The van der Waals surface area contributed by atoms with Gasteiger partial charge in [-0.2, -0.15) is 0 Å². The van der Waals surface area contributed by atoms with E-state index < -0.39 is 0 Å². The maximum absolute atomic E-state index is 13.3. The molecule has 6 heteroatoms. The Morgan fingerprint density at radius 3 is 2.48 bits per heavy atom. The van der Waals surface area contributed by atoms with Gasteiger partial charge in [0.15, 0.2) is 0 Å². The molecule has 4 heterocycles. The van der Waals surface area contributed by atoms with Gasteiger partial charge in [-0.3, -0.25) is 14.5 Å². The molecule has 0 radical (unpaired) electrons. The highest BCUT2D eigenvalue weighted by atomic mass is 19.1. The SMILES string of the molecule is CC(=O)NCC(=O)N1C[C@H](c2ccc(F)cc2)[C@H]2[C@@H]1C1CCN2CC1. The number of nitrogens with one attached hydrogen (secondary N) is 1. The Labute approximate surface area is 147 Å². The number of halogens is 1. The predicted molar refractivity (Wildman–Crippen MR) is 91.4 cm³/mol. The van der Waals surface area contributed by atoms with Gasteiger partial charge < -0.3 is 10.2 Å². The molecule has 0 unspecified atom stereocenters. The summed E-state index contributed by atoms with van der Waals surface area (Å²) in [6.45, 7) is 4.29. The second-order valence-corrected chi connectivity index (χ2v) is 7.47. The average Bonchev–Trinajstić information content (AvgIpc) is 3.04. The molecule has 0 spiro atoms. The van der Waals surface area contributed by atoms with E-state index in [1.165, 1.54) is 19.1 Å². The number of carbonyl (C=O) groups is 2. The molecule has 3 atom stereocenters. The Hall–Kier alpha value is -1.95. The Balaban J connectivity index is 1.62. The minimum atomic E-state index is -0.234. The van der Waals surface area contributed by atoms with E-state index in [4.69, 9.17) is 0 Å². The van der Waals surface area contributed by atoms with Crippen molar-refractivity contribution in [2.45, 2.75) is 37.8 Å². The van der Waals surface area contributed by atoms with Crippen LogP contribution in [-0.2, 0) is 9.59 Å². The molecular weight excluding hydrogens is 321 g/mol. The number of hydrogen-bond donors (Lipinski definition) is 1. The standard InChI is InChI=1S/C19H24FN3O2/c1-12(24)21-10-17(25)23-11-16(13-2-4-15(20)5-3-13)19-18(23)14-6-8-22(19)9-7-14/h2-5,14,16,18-19H,6-11H2,1H3,(H,21,24)/t16-,18+,19+/m1/s1. The normalized spacial score (nSPS) is 33.2. The van der Waals surface area contributed by atoms with E-state index in [2.05, 4.69) is 10.2 Å². The van der Waals surface area contributed by atoms with Gasteiger partial charge in [-0.05, 0) is 49.5 Å². The molecule has 5 nitrogen and oxygen atoms in total. The molecule has 0 aliphatic carbocycles. The molecule has 5 rings (SSSR count). The molecule has 4 aliphatic heterocycles. The summed E-state index contributed by atoms with van der Waals surface area (Å²) in [6, 6.07) is 7.22. The first-order valence-corrected chi connectivity index (χ1v) is 9.08. The molecule has 0 saturated carbocycles. The number of amides is 2. The minimum absolute atomic E-state index is 0.0106. The van der Waals surface area contributed by atoms with Crippen molar-refractivity contribution in [2.75, 3.05) is 26.2 Å². The lowest BCUT2D eigenvalue weighted by atomic mass is 9.75. The number of piperidine rings is 3. The molecule has 4 aliphatic rings. The topological polar surface area (TPSA) is 52.7 Å². The van der Waals surface area contributed by atoms with Crippen molar-refractivity contribution in [3.05, 3.63) is 35.6 Å². The van der Waals surface area contributed by atoms with Gasteiger partial charge in [-0.25, -0.2) is 4.39 Å². The molecule has 1 aromatic rings. The smallest absolute Gasteiger partial charge is 0.242 e. The monoisotopic (exact) mass is 345 g/mol. The summed E-state index contributed by atoms with van der Waals surface area (Å²) in [4.78, 5) is 28.4. The highest BCUT2D eigenvalue weighted by molar-refractivity contribution is 5.84. The first-order valence-electron chi connectivity index (χ1n) is 9.08. The number of hydrogen-bond acceptors (Lipinski definition) is 3. The lowest BCUT2D eigenvalue weighted by Gasteiger charge is -2.51. The van der Waals surface area contributed by atoms with Crippen LogP contribution >= 0.6 is 0 Å². The summed E-state index contributed by atoms with van der Waals surface area (Å²) in [7, 11) is 0. The Kier molecular flexibility index (Phi) is 4.23. The minimum Gasteiger partial charge on any atom is -0.347 e. The first kappa shape index (κ1) is 16.5. The third-order valence-electron chi connectivity index (χ3n) is 6.10. The molecule has 134 valence electrons. The van der Waals surface area contributed by atoms with Crippen molar-refractivity contribution in [2.24, 2.45) is 5.92 Å². The summed E-state index contributed by atoms with van der Waals surface area (Å²) in [5.74, 6) is 0.302. The summed E-state index contributed by atoms with van der Waals surface area (Å²) in [6.07, 6.45) is 2.25. The zero-order chi connectivity index (χ0) is 17.6. The van der Waals surface area contributed by atoms with Gasteiger partial charge >= 0.3 is 0 Å². The number of carbonyl (C=O) groups excluding carboxylic acids is 2. The van der Waals surface area contributed by atoms with Crippen LogP contribution in [0.3, 0.4) is 0 Å². The van der Waals surface area contributed by atoms with E-state index in [0.29, 0.717) is 18.5 Å². The number of fused-ring (bicyclic) bond motifs is 2. The molecular formula is C19H24FN3O2. The number of likely N-dealkylation sites (tertiary alicyclic amines) is 1. The van der Waals surface area contributed by atoms with Gasteiger partial charge in [0.05, 0.1) is 12.6 Å². The molecule has 4 fully saturated rings. The maximum atomic E-state index is 13.3. The molecule has 25 heavy (non-hydrogen) atoms. The largest absolute Gasteiger partial charge is 0.347 e. The lowest BCUT2D eigenvalue weighted by molar-refractivity contribution is -0.136. The fourth-order valence-electron chi connectivity index (χ4n) is 5.01. The number of benzene rings is 1. The number of rotatable bonds is 3. The van der Waals surface area contributed by atoms with Crippen molar-refractivity contribution in [3.8, 4) is 0 Å². The Morgan fingerprint density at radius 2 is 1.84 bits per heavy atom. The van der Waals surface area contributed by atoms with E-state index in [1.807, 2.05) is 17.0 Å². The van der Waals surface area contributed by atoms with Crippen molar-refractivity contribution >= 4 is 11.8 Å². The van der Waals surface area contributed by atoms with Crippen LogP contribution < -0.4 is 5.32 Å². The Bertz CT molecular complexity index is 670. The van der Waals surface area contributed by atoms with Gasteiger partial charge in [0.1, 0.15) is 5.82 Å². The van der Waals surface area contributed by atoms with Crippen LogP contribution in [0.2, 0.25) is 0 Å². The van der Waals surface area contributed by atoms with E-state index in [9.17, 15) is 14.0 Å². The fourth-order valence-corrected chi connectivity index (χ4v) is 5.01. The average molecular weight is 345 g/mol. The molecule has 1 aromatic carbocycles.